The van der Waals surface area contributed by atoms with E-state index in [4.69, 9.17) is 11.2 Å². The Bertz CT molecular complexity index is 962. The van der Waals surface area contributed by atoms with Gasteiger partial charge in [0, 0.05) is 17.1 Å². The van der Waals surface area contributed by atoms with E-state index in [1.165, 1.54) is 0 Å². The SMILES string of the molecule is C#CCOc1ccc2c(c1)-c1cccc3ccnc(c13)C2=O. The first-order chi connectivity index (χ1) is 10.8. The number of terminal acetylenes is 1. The molecule has 0 unspecified atom stereocenters. The minimum Gasteiger partial charge on any atom is -0.481 e. The van der Waals surface area contributed by atoms with E-state index in [1.54, 1.807) is 18.3 Å². The number of hydrogen-bond donors (Lipinski definition) is 0. The molecule has 0 radical (unpaired) electrons. The Labute approximate surface area is 127 Å². The Balaban J connectivity index is 2.02. The normalized spacial score (nSPS) is 11.9. The number of ketones is 1. The largest absolute Gasteiger partial charge is 0.481 e. The Morgan fingerprint density at radius 3 is 2.86 bits per heavy atom. The fraction of sp³-hybridized carbons (Fsp3) is 0.0526. The lowest BCUT2D eigenvalue weighted by Crippen LogP contribution is -2.12. The molecule has 0 aliphatic heterocycles. The van der Waals surface area contributed by atoms with Gasteiger partial charge in [0.05, 0.1) is 0 Å². The van der Waals surface area contributed by atoms with E-state index in [-0.39, 0.29) is 12.4 Å². The first-order valence-corrected chi connectivity index (χ1v) is 6.93. The molecule has 0 saturated heterocycles. The smallest absolute Gasteiger partial charge is 0.212 e. The lowest BCUT2D eigenvalue weighted by molar-refractivity contribution is 0.103. The number of pyridine rings is 1. The maximum absolute atomic E-state index is 12.7. The van der Waals surface area contributed by atoms with Gasteiger partial charge in [-0.15, -0.1) is 6.42 Å². The average Bonchev–Trinajstić information content (AvgIpc) is 2.57. The number of benzene rings is 2. The van der Waals surface area contributed by atoms with Crippen LogP contribution in [0.5, 0.6) is 5.75 Å². The molecule has 0 fully saturated rings. The van der Waals surface area contributed by atoms with Gasteiger partial charge in [-0.05, 0) is 40.8 Å². The van der Waals surface area contributed by atoms with Crippen molar-refractivity contribution in [3.63, 3.8) is 0 Å². The van der Waals surface area contributed by atoms with Crippen LogP contribution in [-0.2, 0) is 0 Å². The van der Waals surface area contributed by atoms with E-state index in [2.05, 4.69) is 10.9 Å². The van der Waals surface area contributed by atoms with Crippen molar-refractivity contribution in [2.45, 2.75) is 0 Å². The molecular weight excluding hydrogens is 274 g/mol. The van der Waals surface area contributed by atoms with Crippen molar-refractivity contribution in [2.75, 3.05) is 6.61 Å². The summed E-state index contributed by atoms with van der Waals surface area (Å²) >= 11 is 0. The number of hydrogen-bond acceptors (Lipinski definition) is 3. The predicted octanol–water partition coefficient (Wildman–Crippen LogP) is 3.46. The molecule has 22 heavy (non-hydrogen) atoms. The second-order valence-corrected chi connectivity index (χ2v) is 5.09. The molecule has 4 rings (SSSR count). The highest BCUT2D eigenvalue weighted by atomic mass is 16.5. The number of ether oxygens (including phenoxy) is 1. The minimum absolute atomic E-state index is 0.0530. The Kier molecular flexibility index (Phi) is 2.70. The number of carbonyl (C=O) groups is 1. The molecule has 0 bridgehead atoms. The van der Waals surface area contributed by atoms with Gasteiger partial charge in [-0.2, -0.15) is 0 Å². The Hall–Kier alpha value is -3.12. The fourth-order valence-corrected chi connectivity index (χ4v) is 2.91. The van der Waals surface area contributed by atoms with Crippen LogP contribution in [0.25, 0.3) is 21.9 Å². The zero-order valence-corrected chi connectivity index (χ0v) is 11.7. The van der Waals surface area contributed by atoms with Gasteiger partial charge >= 0.3 is 0 Å². The topological polar surface area (TPSA) is 39.2 Å². The lowest BCUT2D eigenvalue weighted by atomic mass is 9.85. The summed E-state index contributed by atoms with van der Waals surface area (Å²) in [5.74, 6) is 3.05. The molecule has 0 N–H and O–H groups in total. The number of carbonyl (C=O) groups excluding carboxylic acids is 1. The summed E-state index contributed by atoms with van der Waals surface area (Å²) in [6.07, 6.45) is 6.90. The van der Waals surface area contributed by atoms with Gasteiger partial charge in [0.1, 0.15) is 18.1 Å². The fourth-order valence-electron chi connectivity index (χ4n) is 2.91. The molecule has 1 aliphatic rings. The molecule has 0 atom stereocenters. The van der Waals surface area contributed by atoms with Crippen LogP contribution >= 0.6 is 0 Å². The van der Waals surface area contributed by atoms with Crippen molar-refractivity contribution in [1.29, 1.82) is 0 Å². The molecule has 0 saturated carbocycles. The Morgan fingerprint density at radius 1 is 1.09 bits per heavy atom. The highest BCUT2D eigenvalue weighted by Gasteiger charge is 2.26. The minimum atomic E-state index is -0.0530. The third kappa shape index (κ3) is 1.71. The Morgan fingerprint density at radius 2 is 2.00 bits per heavy atom. The molecule has 3 aromatic rings. The number of aromatic nitrogens is 1. The summed E-state index contributed by atoms with van der Waals surface area (Å²) in [7, 11) is 0. The van der Waals surface area contributed by atoms with Crippen molar-refractivity contribution in [3.8, 4) is 29.2 Å². The van der Waals surface area contributed by atoms with Crippen LogP contribution in [0.1, 0.15) is 16.1 Å². The maximum atomic E-state index is 12.7. The van der Waals surface area contributed by atoms with Crippen LogP contribution in [0.4, 0.5) is 0 Å². The second kappa shape index (κ2) is 4.71. The van der Waals surface area contributed by atoms with E-state index in [0.717, 1.165) is 21.9 Å². The van der Waals surface area contributed by atoms with Gasteiger partial charge in [-0.3, -0.25) is 9.78 Å². The van der Waals surface area contributed by atoms with Gasteiger partial charge in [0.2, 0.25) is 5.78 Å². The summed E-state index contributed by atoms with van der Waals surface area (Å²) in [5, 5.41) is 1.91. The standard InChI is InChI=1S/C19H11NO2/c1-2-10-22-13-6-7-15-16(11-13)14-5-3-4-12-8-9-20-18(17(12)14)19(15)21/h1,3-9,11H,10H2. The summed E-state index contributed by atoms with van der Waals surface area (Å²) in [4.78, 5) is 17.0. The second-order valence-electron chi connectivity index (χ2n) is 5.09. The maximum Gasteiger partial charge on any atom is 0.212 e. The van der Waals surface area contributed by atoms with Crippen LogP contribution in [0, 0.1) is 12.3 Å². The molecule has 1 aromatic heterocycles. The molecule has 104 valence electrons. The third-order valence-corrected chi connectivity index (χ3v) is 3.85. The van der Waals surface area contributed by atoms with Crippen LogP contribution in [-0.4, -0.2) is 17.4 Å². The summed E-state index contributed by atoms with van der Waals surface area (Å²) in [5.41, 5.74) is 3.02. The van der Waals surface area contributed by atoms with E-state index in [1.807, 2.05) is 30.3 Å². The van der Waals surface area contributed by atoms with Gasteiger partial charge in [-0.25, -0.2) is 0 Å². The molecule has 2 aromatic carbocycles. The van der Waals surface area contributed by atoms with Gasteiger partial charge in [0.25, 0.3) is 0 Å². The van der Waals surface area contributed by atoms with Crippen molar-refractivity contribution in [2.24, 2.45) is 0 Å². The van der Waals surface area contributed by atoms with Crippen molar-refractivity contribution in [3.05, 3.63) is 59.9 Å². The first kappa shape index (κ1) is 12.6. The van der Waals surface area contributed by atoms with Crippen LogP contribution in [0.3, 0.4) is 0 Å². The van der Waals surface area contributed by atoms with Crippen molar-refractivity contribution in [1.82, 2.24) is 4.98 Å². The van der Waals surface area contributed by atoms with Crippen molar-refractivity contribution < 1.29 is 9.53 Å². The van der Waals surface area contributed by atoms with Gasteiger partial charge in [0.15, 0.2) is 0 Å². The third-order valence-electron chi connectivity index (χ3n) is 3.85. The molecule has 3 heteroatoms. The van der Waals surface area contributed by atoms with E-state index in [0.29, 0.717) is 17.0 Å². The molecule has 3 nitrogen and oxygen atoms in total. The first-order valence-electron chi connectivity index (χ1n) is 6.93. The molecule has 1 heterocycles. The lowest BCUT2D eigenvalue weighted by Gasteiger charge is -2.19. The van der Waals surface area contributed by atoms with Crippen LogP contribution in [0.15, 0.2) is 48.7 Å². The molecule has 0 spiro atoms. The van der Waals surface area contributed by atoms with E-state index < -0.39 is 0 Å². The predicted molar refractivity (Wildman–Crippen MR) is 84.9 cm³/mol. The highest BCUT2D eigenvalue weighted by Crippen LogP contribution is 2.39. The monoisotopic (exact) mass is 285 g/mol. The zero-order chi connectivity index (χ0) is 15.1. The molecule has 1 aliphatic carbocycles. The molecular formula is C19H11NO2. The number of rotatable bonds is 2. The van der Waals surface area contributed by atoms with Crippen LogP contribution < -0.4 is 4.74 Å². The highest BCUT2D eigenvalue weighted by molar-refractivity contribution is 6.24. The van der Waals surface area contributed by atoms with E-state index in [9.17, 15) is 4.79 Å². The van der Waals surface area contributed by atoms with Gasteiger partial charge in [-0.1, -0.05) is 24.1 Å². The number of fused-ring (bicyclic) bond motifs is 2. The summed E-state index contributed by atoms with van der Waals surface area (Å²) in [6.45, 7) is 0.203. The average molecular weight is 285 g/mol. The quantitative estimate of drug-likeness (QED) is 0.529. The zero-order valence-electron chi connectivity index (χ0n) is 11.7. The molecule has 0 amide bonds. The van der Waals surface area contributed by atoms with Gasteiger partial charge < -0.3 is 4.74 Å². The van der Waals surface area contributed by atoms with Crippen molar-refractivity contribution >= 4 is 16.6 Å². The van der Waals surface area contributed by atoms with Crippen LogP contribution in [0.2, 0.25) is 0 Å². The summed E-state index contributed by atoms with van der Waals surface area (Å²) < 4.78 is 5.48. The number of nitrogens with zero attached hydrogens (tertiary/aromatic N) is 1. The summed E-state index contributed by atoms with van der Waals surface area (Å²) in [6, 6.07) is 13.3. The van der Waals surface area contributed by atoms with E-state index >= 15 is 0 Å².